The van der Waals surface area contributed by atoms with Crippen LogP contribution in [0.3, 0.4) is 0 Å². The van der Waals surface area contributed by atoms with Crippen molar-refractivity contribution in [1.82, 2.24) is 4.57 Å². The van der Waals surface area contributed by atoms with Crippen molar-refractivity contribution in [2.75, 3.05) is 0 Å². The van der Waals surface area contributed by atoms with Crippen molar-refractivity contribution < 1.29 is 0 Å². The van der Waals surface area contributed by atoms with Gasteiger partial charge in [-0.3, -0.25) is 0 Å². The Morgan fingerprint density at radius 2 is 2.07 bits per heavy atom. The molecule has 14 heavy (non-hydrogen) atoms. The van der Waals surface area contributed by atoms with Crippen LogP contribution < -0.4 is 5.73 Å². The van der Waals surface area contributed by atoms with E-state index in [1.807, 2.05) is 0 Å². The van der Waals surface area contributed by atoms with Gasteiger partial charge in [0.1, 0.15) is 0 Å². The molecular weight excluding hydrogens is 172 g/mol. The third kappa shape index (κ3) is 1.23. The summed E-state index contributed by atoms with van der Waals surface area (Å²) in [4.78, 5) is 0. The largest absolute Gasteiger partial charge is 0.350 e. The zero-order valence-corrected chi connectivity index (χ0v) is 8.75. The smallest absolute Gasteiger partial charge is 0.0483 e. The molecule has 0 aliphatic heterocycles. The lowest BCUT2D eigenvalue weighted by Crippen LogP contribution is -1.97. The van der Waals surface area contributed by atoms with Crippen molar-refractivity contribution in [1.29, 1.82) is 0 Å². The molecule has 2 N–H and O–H groups in total. The van der Waals surface area contributed by atoms with Gasteiger partial charge in [0.15, 0.2) is 0 Å². The molecule has 2 heteroatoms. The summed E-state index contributed by atoms with van der Waals surface area (Å²) in [6, 6.07) is 6.33. The summed E-state index contributed by atoms with van der Waals surface area (Å²) in [7, 11) is 2.09. The maximum absolute atomic E-state index is 5.74. The highest BCUT2D eigenvalue weighted by molar-refractivity contribution is 5.87. The van der Waals surface area contributed by atoms with Crippen LogP contribution >= 0.6 is 0 Å². The minimum Gasteiger partial charge on any atom is -0.350 e. The topological polar surface area (TPSA) is 30.9 Å². The van der Waals surface area contributed by atoms with Gasteiger partial charge in [-0.25, -0.2) is 0 Å². The maximum Gasteiger partial charge on any atom is 0.0483 e. The second-order valence-electron chi connectivity index (χ2n) is 3.63. The summed E-state index contributed by atoms with van der Waals surface area (Å²) in [6.07, 6.45) is 3.26. The lowest BCUT2D eigenvalue weighted by Gasteiger charge is -2.02. The van der Waals surface area contributed by atoms with Gasteiger partial charge < -0.3 is 10.3 Å². The van der Waals surface area contributed by atoms with Crippen molar-refractivity contribution in [3.63, 3.8) is 0 Å². The van der Waals surface area contributed by atoms with Crippen LogP contribution in [-0.4, -0.2) is 4.57 Å². The summed E-state index contributed by atoms with van der Waals surface area (Å²) < 4.78 is 2.17. The van der Waals surface area contributed by atoms with Crippen LogP contribution in [0, 0.1) is 0 Å². The van der Waals surface area contributed by atoms with Gasteiger partial charge in [-0.05, 0) is 23.6 Å². The van der Waals surface area contributed by atoms with Crippen LogP contribution in [0.15, 0.2) is 24.4 Å². The number of rotatable bonds is 2. The molecule has 2 aromatic rings. The fourth-order valence-electron chi connectivity index (χ4n) is 2.06. The maximum atomic E-state index is 5.74. The molecule has 74 valence electrons. The second kappa shape index (κ2) is 3.46. The molecule has 0 unspecified atom stereocenters. The lowest BCUT2D eigenvalue weighted by atomic mass is 10.1. The average Bonchev–Trinajstić information content (AvgIpc) is 2.56. The van der Waals surface area contributed by atoms with E-state index in [0.29, 0.717) is 6.54 Å². The quantitative estimate of drug-likeness (QED) is 0.769. The summed E-state index contributed by atoms with van der Waals surface area (Å²) in [6.45, 7) is 2.80. The lowest BCUT2D eigenvalue weighted by molar-refractivity contribution is 0.954. The van der Waals surface area contributed by atoms with E-state index in [9.17, 15) is 0 Å². The molecule has 1 aromatic carbocycles. The molecular formula is C12H16N2. The first kappa shape index (κ1) is 9.28. The van der Waals surface area contributed by atoms with Gasteiger partial charge in [-0.2, -0.15) is 0 Å². The first-order valence-electron chi connectivity index (χ1n) is 5.03. The van der Waals surface area contributed by atoms with E-state index < -0.39 is 0 Å². The third-order valence-electron chi connectivity index (χ3n) is 2.78. The van der Waals surface area contributed by atoms with Crippen LogP contribution in [0.1, 0.15) is 18.1 Å². The van der Waals surface area contributed by atoms with Crippen molar-refractivity contribution in [2.24, 2.45) is 12.8 Å². The number of fused-ring (bicyclic) bond motifs is 1. The fourth-order valence-corrected chi connectivity index (χ4v) is 2.06. The number of hydrogen-bond donors (Lipinski definition) is 1. The van der Waals surface area contributed by atoms with Crippen molar-refractivity contribution >= 4 is 10.9 Å². The monoisotopic (exact) mass is 188 g/mol. The van der Waals surface area contributed by atoms with E-state index in [1.165, 1.54) is 22.0 Å². The van der Waals surface area contributed by atoms with E-state index in [1.54, 1.807) is 0 Å². The number of benzene rings is 1. The van der Waals surface area contributed by atoms with Gasteiger partial charge in [0, 0.05) is 30.7 Å². The standard InChI is InChI=1S/C12H16N2/c1-3-9-8-14(2)11-6-4-5-10(7-13)12(9)11/h4-6,8H,3,7,13H2,1-2H3. The summed E-state index contributed by atoms with van der Waals surface area (Å²) in [5.41, 5.74) is 9.66. The number of hydrogen-bond acceptors (Lipinski definition) is 1. The van der Waals surface area contributed by atoms with E-state index in [4.69, 9.17) is 5.73 Å². The van der Waals surface area contributed by atoms with Gasteiger partial charge >= 0.3 is 0 Å². The van der Waals surface area contributed by atoms with E-state index in [0.717, 1.165) is 6.42 Å². The number of nitrogens with zero attached hydrogens (tertiary/aromatic N) is 1. The SMILES string of the molecule is CCc1cn(C)c2cccc(CN)c12. The van der Waals surface area contributed by atoms with Crippen molar-refractivity contribution in [3.05, 3.63) is 35.5 Å². The Morgan fingerprint density at radius 1 is 1.29 bits per heavy atom. The third-order valence-corrected chi connectivity index (χ3v) is 2.78. The van der Waals surface area contributed by atoms with Crippen molar-refractivity contribution in [2.45, 2.75) is 19.9 Å². The Balaban J connectivity index is 2.82. The molecule has 0 spiro atoms. The summed E-state index contributed by atoms with van der Waals surface area (Å²) >= 11 is 0. The summed E-state index contributed by atoms with van der Waals surface area (Å²) in [5.74, 6) is 0. The van der Waals surface area contributed by atoms with E-state index >= 15 is 0 Å². The second-order valence-corrected chi connectivity index (χ2v) is 3.63. The predicted octanol–water partition coefficient (Wildman–Crippen LogP) is 2.20. The highest BCUT2D eigenvalue weighted by atomic mass is 14.9. The fraction of sp³-hybridized carbons (Fsp3) is 0.333. The van der Waals surface area contributed by atoms with Gasteiger partial charge in [-0.1, -0.05) is 19.1 Å². The van der Waals surface area contributed by atoms with Crippen molar-refractivity contribution in [3.8, 4) is 0 Å². The van der Waals surface area contributed by atoms with Gasteiger partial charge in [0.25, 0.3) is 0 Å². The summed E-state index contributed by atoms with van der Waals surface area (Å²) in [5, 5.41) is 1.35. The molecule has 0 radical (unpaired) electrons. The Morgan fingerprint density at radius 3 is 2.71 bits per heavy atom. The zero-order valence-electron chi connectivity index (χ0n) is 8.75. The number of aryl methyl sites for hydroxylation is 2. The average molecular weight is 188 g/mol. The number of aromatic nitrogens is 1. The van der Waals surface area contributed by atoms with Gasteiger partial charge in [0.2, 0.25) is 0 Å². The van der Waals surface area contributed by atoms with Crippen LogP contribution in [0.4, 0.5) is 0 Å². The minimum atomic E-state index is 0.619. The molecule has 0 bridgehead atoms. The molecule has 1 heterocycles. The number of nitrogens with two attached hydrogens (primary N) is 1. The van der Waals surface area contributed by atoms with E-state index in [2.05, 4.69) is 42.9 Å². The molecule has 2 rings (SSSR count). The molecule has 0 aliphatic rings. The molecule has 1 aromatic heterocycles. The minimum absolute atomic E-state index is 0.619. The Labute approximate surface area is 84.3 Å². The first-order chi connectivity index (χ1) is 6.77. The molecule has 0 amide bonds. The Kier molecular flexibility index (Phi) is 2.30. The van der Waals surface area contributed by atoms with Crippen LogP contribution in [0.2, 0.25) is 0 Å². The zero-order chi connectivity index (χ0) is 10.1. The van der Waals surface area contributed by atoms with Gasteiger partial charge in [-0.15, -0.1) is 0 Å². The molecule has 0 aliphatic carbocycles. The highest BCUT2D eigenvalue weighted by Crippen LogP contribution is 2.24. The van der Waals surface area contributed by atoms with Crippen LogP contribution in [0.5, 0.6) is 0 Å². The molecule has 0 saturated heterocycles. The van der Waals surface area contributed by atoms with Gasteiger partial charge in [0.05, 0.1) is 0 Å². The molecule has 2 nitrogen and oxygen atoms in total. The normalized spacial score (nSPS) is 11.1. The Bertz CT molecular complexity index is 455. The van der Waals surface area contributed by atoms with E-state index in [-0.39, 0.29) is 0 Å². The molecule has 0 atom stereocenters. The Hall–Kier alpha value is -1.28. The van der Waals surface area contributed by atoms with Crippen LogP contribution in [-0.2, 0) is 20.0 Å². The molecule has 0 saturated carbocycles. The predicted molar refractivity (Wildman–Crippen MR) is 60.2 cm³/mol. The molecule has 0 fully saturated rings. The first-order valence-corrected chi connectivity index (χ1v) is 5.03. The highest BCUT2D eigenvalue weighted by Gasteiger charge is 2.07. The van der Waals surface area contributed by atoms with Crippen LogP contribution in [0.25, 0.3) is 10.9 Å².